The van der Waals surface area contributed by atoms with Crippen LogP contribution in [-0.4, -0.2) is 57.6 Å². The molecule has 2 aromatic carbocycles. The first-order chi connectivity index (χ1) is 16.0. The molecule has 2 aromatic rings. The molecule has 8 nitrogen and oxygen atoms in total. The first kappa shape index (κ1) is 27.8. The van der Waals surface area contributed by atoms with Crippen molar-refractivity contribution in [2.75, 3.05) is 30.8 Å². The molecule has 0 heterocycles. The van der Waals surface area contributed by atoms with Crippen LogP contribution < -0.4 is 14.4 Å². The average molecular weight is 530 g/mol. The summed E-state index contributed by atoms with van der Waals surface area (Å²) in [5.41, 5.74) is 0.847. The molecule has 0 aromatic heterocycles. The Hall–Kier alpha value is -2.49. The lowest BCUT2D eigenvalue weighted by Crippen LogP contribution is -2.52. The standard InChI is InChI=1S/C23H29Cl2N3O5S/c1-5-20(23(30)26-6-2)27(14-16-8-7-9-18(12-16)33-3)22(29)15-28(34(4,31)32)21-11-10-17(24)13-19(21)25/h7-13,20H,5-6,14-15H2,1-4H3,(H,26,30)/t20-/m1/s1. The summed E-state index contributed by atoms with van der Waals surface area (Å²) in [7, 11) is -2.36. The van der Waals surface area contributed by atoms with Crippen LogP contribution in [-0.2, 0) is 26.2 Å². The number of amides is 2. The maximum absolute atomic E-state index is 13.6. The lowest BCUT2D eigenvalue weighted by molar-refractivity contribution is -0.140. The number of sulfonamides is 1. The number of hydrogen-bond donors (Lipinski definition) is 1. The summed E-state index contributed by atoms with van der Waals surface area (Å²) in [5.74, 6) is -0.282. The van der Waals surface area contributed by atoms with Gasteiger partial charge in [0.05, 0.1) is 24.1 Å². The fourth-order valence-corrected chi connectivity index (χ4v) is 4.88. The fraction of sp³-hybridized carbons (Fsp3) is 0.391. The minimum Gasteiger partial charge on any atom is -0.497 e. The fourth-order valence-electron chi connectivity index (χ4n) is 3.46. The molecule has 11 heteroatoms. The van der Waals surface area contributed by atoms with Gasteiger partial charge in [-0.25, -0.2) is 8.42 Å². The molecule has 0 saturated heterocycles. The number of nitrogens with zero attached hydrogens (tertiary/aromatic N) is 2. The van der Waals surface area contributed by atoms with Gasteiger partial charge in [0.15, 0.2) is 0 Å². The van der Waals surface area contributed by atoms with Crippen LogP contribution in [0.1, 0.15) is 25.8 Å². The van der Waals surface area contributed by atoms with Crippen molar-refractivity contribution >= 4 is 50.7 Å². The number of carbonyl (C=O) groups is 2. The molecule has 0 aliphatic carbocycles. The number of likely N-dealkylation sites (N-methyl/N-ethyl adjacent to an activating group) is 1. The van der Waals surface area contributed by atoms with E-state index in [-0.39, 0.29) is 23.2 Å². The third kappa shape index (κ3) is 7.25. The summed E-state index contributed by atoms with van der Waals surface area (Å²) in [6, 6.07) is 10.6. The molecule has 0 unspecified atom stereocenters. The van der Waals surface area contributed by atoms with Crippen LogP contribution in [0, 0.1) is 0 Å². The average Bonchev–Trinajstić information content (AvgIpc) is 2.77. The van der Waals surface area contributed by atoms with Gasteiger partial charge in [0.25, 0.3) is 0 Å². The number of nitrogens with one attached hydrogen (secondary N) is 1. The summed E-state index contributed by atoms with van der Waals surface area (Å²) in [6.45, 7) is 3.51. The molecule has 2 rings (SSSR count). The summed E-state index contributed by atoms with van der Waals surface area (Å²) in [5, 5.41) is 3.16. The van der Waals surface area contributed by atoms with Crippen molar-refractivity contribution in [1.29, 1.82) is 0 Å². The van der Waals surface area contributed by atoms with Gasteiger partial charge in [0.2, 0.25) is 21.8 Å². The Morgan fingerprint density at radius 1 is 1.12 bits per heavy atom. The van der Waals surface area contributed by atoms with E-state index in [1.165, 1.54) is 30.2 Å². The highest BCUT2D eigenvalue weighted by molar-refractivity contribution is 7.92. The van der Waals surface area contributed by atoms with E-state index in [2.05, 4.69) is 5.32 Å². The predicted molar refractivity (Wildman–Crippen MR) is 135 cm³/mol. The van der Waals surface area contributed by atoms with Crippen molar-refractivity contribution < 1.29 is 22.7 Å². The molecule has 0 aliphatic heterocycles. The van der Waals surface area contributed by atoms with Gasteiger partial charge in [-0.15, -0.1) is 0 Å². The van der Waals surface area contributed by atoms with E-state index in [1.807, 2.05) is 0 Å². The van der Waals surface area contributed by atoms with E-state index in [0.29, 0.717) is 23.7 Å². The van der Waals surface area contributed by atoms with Crippen molar-refractivity contribution in [2.24, 2.45) is 0 Å². The number of ether oxygens (including phenoxy) is 1. The summed E-state index contributed by atoms with van der Waals surface area (Å²) >= 11 is 12.2. The Kier molecular flexibility index (Phi) is 10.0. The van der Waals surface area contributed by atoms with E-state index in [4.69, 9.17) is 27.9 Å². The molecule has 0 bridgehead atoms. The van der Waals surface area contributed by atoms with E-state index in [9.17, 15) is 18.0 Å². The lowest BCUT2D eigenvalue weighted by atomic mass is 10.1. The van der Waals surface area contributed by atoms with Gasteiger partial charge in [0, 0.05) is 18.1 Å². The van der Waals surface area contributed by atoms with Crippen molar-refractivity contribution in [2.45, 2.75) is 32.9 Å². The SMILES string of the molecule is CCNC(=O)[C@@H](CC)N(Cc1cccc(OC)c1)C(=O)CN(c1ccc(Cl)cc1Cl)S(C)(=O)=O. The second-order valence-electron chi connectivity index (χ2n) is 7.56. The Labute approximate surface area is 210 Å². The van der Waals surface area contributed by atoms with Gasteiger partial charge in [-0.3, -0.25) is 13.9 Å². The van der Waals surface area contributed by atoms with E-state index >= 15 is 0 Å². The molecule has 1 N–H and O–H groups in total. The summed E-state index contributed by atoms with van der Waals surface area (Å²) < 4.78 is 31.4. The van der Waals surface area contributed by atoms with Crippen LogP contribution in [0.25, 0.3) is 0 Å². The van der Waals surface area contributed by atoms with Crippen molar-refractivity contribution in [3.63, 3.8) is 0 Å². The number of hydrogen-bond acceptors (Lipinski definition) is 5. The Bertz CT molecular complexity index is 1130. The quantitative estimate of drug-likeness (QED) is 0.478. The molecule has 2 amide bonds. The molecular formula is C23H29Cl2N3O5S. The molecule has 34 heavy (non-hydrogen) atoms. The maximum Gasteiger partial charge on any atom is 0.244 e. The minimum atomic E-state index is -3.89. The zero-order valence-corrected chi connectivity index (χ0v) is 21.9. The molecule has 0 spiro atoms. The second kappa shape index (κ2) is 12.3. The third-order valence-corrected chi connectivity index (χ3v) is 6.75. The van der Waals surface area contributed by atoms with Crippen molar-refractivity contribution in [3.8, 4) is 5.75 Å². The molecule has 0 radical (unpaired) electrons. The van der Waals surface area contributed by atoms with Gasteiger partial charge < -0.3 is 15.0 Å². The largest absolute Gasteiger partial charge is 0.497 e. The van der Waals surface area contributed by atoms with Crippen LogP contribution >= 0.6 is 23.2 Å². The predicted octanol–water partition coefficient (Wildman–Crippen LogP) is 3.71. The number of carbonyl (C=O) groups excluding carboxylic acids is 2. The summed E-state index contributed by atoms with van der Waals surface area (Å²) in [4.78, 5) is 27.7. The van der Waals surface area contributed by atoms with E-state index < -0.39 is 28.5 Å². The van der Waals surface area contributed by atoms with Crippen LogP contribution in [0.4, 0.5) is 5.69 Å². The highest BCUT2D eigenvalue weighted by Gasteiger charge is 2.32. The number of anilines is 1. The number of methoxy groups -OCH3 is 1. The lowest BCUT2D eigenvalue weighted by Gasteiger charge is -2.33. The second-order valence-corrected chi connectivity index (χ2v) is 10.3. The molecule has 1 atom stereocenters. The van der Waals surface area contributed by atoms with Gasteiger partial charge in [-0.1, -0.05) is 42.3 Å². The Morgan fingerprint density at radius 3 is 2.38 bits per heavy atom. The van der Waals surface area contributed by atoms with E-state index in [0.717, 1.165) is 16.1 Å². The normalized spacial score (nSPS) is 12.1. The number of benzene rings is 2. The monoisotopic (exact) mass is 529 g/mol. The van der Waals surface area contributed by atoms with Gasteiger partial charge >= 0.3 is 0 Å². The van der Waals surface area contributed by atoms with Crippen molar-refractivity contribution in [3.05, 3.63) is 58.1 Å². The Balaban J connectivity index is 2.47. The topological polar surface area (TPSA) is 96.0 Å². The van der Waals surface area contributed by atoms with Crippen molar-refractivity contribution in [1.82, 2.24) is 10.2 Å². The maximum atomic E-state index is 13.6. The molecular weight excluding hydrogens is 501 g/mol. The highest BCUT2D eigenvalue weighted by Crippen LogP contribution is 2.30. The van der Waals surface area contributed by atoms with E-state index in [1.54, 1.807) is 38.1 Å². The highest BCUT2D eigenvalue weighted by atomic mass is 35.5. The van der Waals surface area contributed by atoms with Gasteiger partial charge in [-0.2, -0.15) is 0 Å². The molecule has 0 saturated carbocycles. The Morgan fingerprint density at radius 2 is 1.82 bits per heavy atom. The minimum absolute atomic E-state index is 0.0810. The zero-order chi connectivity index (χ0) is 25.5. The van der Waals surface area contributed by atoms with Crippen LogP contribution in [0.3, 0.4) is 0 Å². The zero-order valence-electron chi connectivity index (χ0n) is 19.5. The molecule has 0 fully saturated rings. The van der Waals surface area contributed by atoms with Gasteiger partial charge in [-0.05, 0) is 49.2 Å². The van der Waals surface area contributed by atoms with Crippen LogP contribution in [0.15, 0.2) is 42.5 Å². The van der Waals surface area contributed by atoms with Crippen LogP contribution in [0.5, 0.6) is 5.75 Å². The third-order valence-electron chi connectivity index (χ3n) is 5.08. The smallest absolute Gasteiger partial charge is 0.244 e. The number of rotatable bonds is 11. The summed E-state index contributed by atoms with van der Waals surface area (Å²) in [6.07, 6.45) is 1.32. The first-order valence-electron chi connectivity index (χ1n) is 10.6. The first-order valence-corrected chi connectivity index (χ1v) is 13.2. The van der Waals surface area contributed by atoms with Crippen LogP contribution in [0.2, 0.25) is 10.0 Å². The van der Waals surface area contributed by atoms with Gasteiger partial charge in [0.1, 0.15) is 18.3 Å². The molecule has 186 valence electrons. The molecule has 0 aliphatic rings. The number of halogens is 2.